The zero-order valence-electron chi connectivity index (χ0n) is 12.4. The van der Waals surface area contributed by atoms with E-state index in [4.69, 9.17) is 15.3 Å². The summed E-state index contributed by atoms with van der Waals surface area (Å²) in [6.07, 6.45) is 1.74. The fourth-order valence-corrected chi connectivity index (χ4v) is 2.60. The summed E-state index contributed by atoms with van der Waals surface area (Å²) in [5.41, 5.74) is 3.61. The summed E-state index contributed by atoms with van der Waals surface area (Å²) in [4.78, 5) is 0. The highest BCUT2D eigenvalue weighted by Gasteiger charge is 2.37. The molecule has 1 atom stereocenters. The van der Waals surface area contributed by atoms with E-state index in [2.05, 4.69) is 19.3 Å². The van der Waals surface area contributed by atoms with Crippen LogP contribution in [0.1, 0.15) is 45.2 Å². The molecule has 108 valence electrons. The van der Waals surface area contributed by atoms with Crippen molar-refractivity contribution in [2.75, 3.05) is 13.7 Å². The number of hydrogen-bond donors (Lipinski definition) is 2. The summed E-state index contributed by atoms with van der Waals surface area (Å²) in [5, 5.41) is 0. The quantitative estimate of drug-likeness (QED) is 0.561. The molecule has 0 aliphatic heterocycles. The lowest BCUT2D eigenvalue weighted by molar-refractivity contribution is -0.0492. The highest BCUT2D eigenvalue weighted by Crippen LogP contribution is 2.38. The summed E-state index contributed by atoms with van der Waals surface area (Å²) < 4.78 is 11.5. The molecule has 19 heavy (non-hydrogen) atoms. The van der Waals surface area contributed by atoms with Gasteiger partial charge in [0.25, 0.3) is 0 Å². The van der Waals surface area contributed by atoms with Gasteiger partial charge in [-0.15, -0.1) is 0 Å². The van der Waals surface area contributed by atoms with E-state index < -0.39 is 0 Å². The van der Waals surface area contributed by atoms with Crippen molar-refractivity contribution in [3.63, 3.8) is 0 Å². The third-order valence-corrected chi connectivity index (χ3v) is 3.83. The molecule has 0 aliphatic carbocycles. The van der Waals surface area contributed by atoms with Crippen molar-refractivity contribution in [3.8, 4) is 5.75 Å². The molecule has 1 aromatic carbocycles. The number of nitrogens with one attached hydrogen (secondary N) is 1. The number of para-hydroxylation sites is 1. The van der Waals surface area contributed by atoms with Crippen molar-refractivity contribution in [2.24, 2.45) is 5.84 Å². The molecule has 0 fully saturated rings. The van der Waals surface area contributed by atoms with Crippen LogP contribution in [0.25, 0.3) is 0 Å². The third-order valence-electron chi connectivity index (χ3n) is 3.83. The lowest BCUT2D eigenvalue weighted by Gasteiger charge is -2.38. The van der Waals surface area contributed by atoms with E-state index in [-0.39, 0.29) is 11.6 Å². The van der Waals surface area contributed by atoms with Crippen molar-refractivity contribution in [1.29, 1.82) is 0 Å². The predicted octanol–water partition coefficient (Wildman–Crippen LogP) is 2.79. The Morgan fingerprint density at radius 3 is 2.32 bits per heavy atom. The van der Waals surface area contributed by atoms with Crippen LogP contribution in [0.5, 0.6) is 5.75 Å². The Hall–Kier alpha value is -1.10. The molecule has 0 radical (unpaired) electrons. The van der Waals surface area contributed by atoms with Gasteiger partial charge in [-0.1, -0.05) is 32.0 Å². The summed E-state index contributed by atoms with van der Waals surface area (Å²) in [7, 11) is 1.74. The van der Waals surface area contributed by atoms with Crippen LogP contribution in [-0.4, -0.2) is 19.3 Å². The first-order chi connectivity index (χ1) is 9.18. The Morgan fingerprint density at radius 1 is 1.21 bits per heavy atom. The number of benzene rings is 1. The Bertz CT molecular complexity index is 370. The number of hydrazine groups is 1. The van der Waals surface area contributed by atoms with Crippen molar-refractivity contribution < 1.29 is 9.47 Å². The lowest BCUT2D eigenvalue weighted by atomic mass is 9.84. The van der Waals surface area contributed by atoms with E-state index in [9.17, 15) is 0 Å². The van der Waals surface area contributed by atoms with Gasteiger partial charge in [-0.05, 0) is 25.8 Å². The molecular weight excluding hydrogens is 240 g/mol. The summed E-state index contributed by atoms with van der Waals surface area (Å²) in [6, 6.07) is 7.86. The third kappa shape index (κ3) is 3.26. The second kappa shape index (κ2) is 7.48. The standard InChI is InChI=1S/C15H26N2O2/c1-5-15(6-2,18-4)14(17-16)12-10-8-9-11-13(12)19-7-3/h8-11,14,17H,5-7,16H2,1-4H3. The van der Waals surface area contributed by atoms with Crippen molar-refractivity contribution in [1.82, 2.24) is 5.43 Å². The molecule has 0 aliphatic rings. The molecular formula is C15H26N2O2. The Morgan fingerprint density at radius 2 is 1.84 bits per heavy atom. The van der Waals surface area contributed by atoms with E-state index in [1.807, 2.05) is 31.2 Å². The van der Waals surface area contributed by atoms with E-state index >= 15 is 0 Å². The number of methoxy groups -OCH3 is 1. The molecule has 3 N–H and O–H groups in total. The first kappa shape index (κ1) is 16.0. The largest absolute Gasteiger partial charge is 0.494 e. The van der Waals surface area contributed by atoms with Crippen LogP contribution in [0, 0.1) is 0 Å². The molecule has 1 rings (SSSR count). The molecule has 0 heterocycles. The number of nitrogens with two attached hydrogens (primary N) is 1. The van der Waals surface area contributed by atoms with Crippen LogP contribution >= 0.6 is 0 Å². The van der Waals surface area contributed by atoms with Gasteiger partial charge in [-0.25, -0.2) is 5.43 Å². The van der Waals surface area contributed by atoms with Gasteiger partial charge < -0.3 is 9.47 Å². The van der Waals surface area contributed by atoms with E-state index in [1.165, 1.54) is 0 Å². The highest BCUT2D eigenvalue weighted by molar-refractivity contribution is 5.37. The second-order valence-electron chi connectivity index (χ2n) is 4.55. The molecule has 4 nitrogen and oxygen atoms in total. The van der Waals surface area contributed by atoms with Gasteiger partial charge in [0.05, 0.1) is 18.2 Å². The van der Waals surface area contributed by atoms with Crippen LogP contribution in [0.2, 0.25) is 0 Å². The van der Waals surface area contributed by atoms with Crippen LogP contribution in [0.4, 0.5) is 0 Å². The molecule has 0 amide bonds. The van der Waals surface area contributed by atoms with Gasteiger partial charge in [-0.3, -0.25) is 5.84 Å². The SMILES string of the molecule is CCOc1ccccc1C(NN)C(CC)(CC)OC. The van der Waals surface area contributed by atoms with Crippen molar-refractivity contribution in [3.05, 3.63) is 29.8 Å². The highest BCUT2D eigenvalue weighted by atomic mass is 16.5. The van der Waals surface area contributed by atoms with Gasteiger partial charge in [0.2, 0.25) is 0 Å². The first-order valence-electron chi connectivity index (χ1n) is 6.92. The molecule has 0 saturated carbocycles. The first-order valence-corrected chi connectivity index (χ1v) is 6.92. The number of ether oxygens (including phenoxy) is 2. The van der Waals surface area contributed by atoms with E-state index in [1.54, 1.807) is 7.11 Å². The summed E-state index contributed by atoms with van der Waals surface area (Å²) >= 11 is 0. The minimum absolute atomic E-state index is 0.102. The maximum absolute atomic E-state index is 5.80. The van der Waals surface area contributed by atoms with Crippen LogP contribution in [0.3, 0.4) is 0 Å². The maximum atomic E-state index is 5.80. The minimum Gasteiger partial charge on any atom is -0.494 e. The van der Waals surface area contributed by atoms with Gasteiger partial charge >= 0.3 is 0 Å². The average Bonchev–Trinajstić information content (AvgIpc) is 2.46. The van der Waals surface area contributed by atoms with Crippen LogP contribution < -0.4 is 16.0 Å². The molecule has 0 saturated heterocycles. The fraction of sp³-hybridized carbons (Fsp3) is 0.600. The van der Waals surface area contributed by atoms with Crippen molar-refractivity contribution in [2.45, 2.75) is 45.3 Å². The smallest absolute Gasteiger partial charge is 0.124 e. The normalized spacial score (nSPS) is 13.3. The molecule has 1 aromatic rings. The topological polar surface area (TPSA) is 56.5 Å². The van der Waals surface area contributed by atoms with Gasteiger partial charge in [0.1, 0.15) is 5.75 Å². The minimum atomic E-state index is -0.331. The predicted molar refractivity (Wildman–Crippen MR) is 78.0 cm³/mol. The second-order valence-corrected chi connectivity index (χ2v) is 4.55. The van der Waals surface area contributed by atoms with Gasteiger partial charge in [0, 0.05) is 12.7 Å². The zero-order valence-corrected chi connectivity index (χ0v) is 12.4. The lowest BCUT2D eigenvalue weighted by Crippen LogP contribution is -2.47. The Labute approximate surface area is 116 Å². The number of hydrogen-bond acceptors (Lipinski definition) is 4. The van der Waals surface area contributed by atoms with E-state index in [0.717, 1.165) is 24.2 Å². The van der Waals surface area contributed by atoms with Gasteiger partial charge in [-0.2, -0.15) is 0 Å². The molecule has 0 bridgehead atoms. The summed E-state index contributed by atoms with van der Waals surface area (Å²) in [5.74, 6) is 6.65. The Balaban J connectivity index is 3.22. The summed E-state index contributed by atoms with van der Waals surface area (Å²) in [6.45, 7) is 6.83. The fourth-order valence-electron chi connectivity index (χ4n) is 2.60. The number of rotatable bonds is 8. The average molecular weight is 266 g/mol. The molecule has 4 heteroatoms. The monoisotopic (exact) mass is 266 g/mol. The van der Waals surface area contributed by atoms with Crippen LogP contribution in [-0.2, 0) is 4.74 Å². The molecule has 1 unspecified atom stereocenters. The van der Waals surface area contributed by atoms with Gasteiger partial charge in [0.15, 0.2) is 0 Å². The van der Waals surface area contributed by atoms with Crippen LogP contribution in [0.15, 0.2) is 24.3 Å². The zero-order chi connectivity index (χ0) is 14.3. The maximum Gasteiger partial charge on any atom is 0.124 e. The molecule has 0 aromatic heterocycles. The molecule has 0 spiro atoms. The Kier molecular flexibility index (Phi) is 6.28. The van der Waals surface area contributed by atoms with E-state index in [0.29, 0.717) is 6.61 Å². The van der Waals surface area contributed by atoms with Crippen molar-refractivity contribution >= 4 is 0 Å².